The molecule has 1 aromatic heterocycles. The van der Waals surface area contributed by atoms with Crippen LogP contribution >= 0.6 is 11.6 Å². The lowest BCUT2D eigenvalue weighted by Crippen LogP contribution is -2.41. The van der Waals surface area contributed by atoms with Crippen molar-refractivity contribution in [2.75, 3.05) is 0 Å². The van der Waals surface area contributed by atoms with Gasteiger partial charge in [-0.1, -0.05) is 17.7 Å². The number of aromatic nitrogens is 2. The molecule has 1 N–H and O–H groups in total. The smallest absolute Gasteiger partial charge is 0.425 e. The zero-order chi connectivity index (χ0) is 22.9. The van der Waals surface area contributed by atoms with Gasteiger partial charge in [0.2, 0.25) is 0 Å². The zero-order valence-electron chi connectivity index (χ0n) is 15.2. The fourth-order valence-electron chi connectivity index (χ4n) is 2.26. The molecule has 0 bridgehead atoms. The Labute approximate surface area is 169 Å². The van der Waals surface area contributed by atoms with E-state index < -0.39 is 36.3 Å². The molecular formula is C16H13ClF7N3O3. The van der Waals surface area contributed by atoms with Crippen LogP contribution in [0.15, 0.2) is 18.2 Å². The predicted molar refractivity (Wildman–Crippen MR) is 88.1 cm³/mol. The van der Waals surface area contributed by atoms with E-state index in [1.807, 2.05) is 0 Å². The lowest BCUT2D eigenvalue weighted by Gasteiger charge is -2.22. The highest BCUT2D eigenvalue weighted by Gasteiger charge is 2.51. The van der Waals surface area contributed by atoms with Gasteiger partial charge in [0, 0.05) is 13.6 Å². The summed E-state index contributed by atoms with van der Waals surface area (Å²) in [6.07, 6.45) is -15.0. The van der Waals surface area contributed by atoms with Gasteiger partial charge in [-0.2, -0.15) is 13.9 Å². The fourth-order valence-corrected chi connectivity index (χ4v) is 2.51. The number of halogens is 8. The number of carbonyl (C=O) groups excluding carboxylic acids is 1. The topological polar surface area (TPSA) is 65.4 Å². The van der Waals surface area contributed by atoms with Crippen LogP contribution in [-0.2, 0) is 18.3 Å². The van der Waals surface area contributed by atoms with Crippen LogP contribution in [0, 0.1) is 12.7 Å². The average molecular weight is 464 g/mol. The molecule has 30 heavy (non-hydrogen) atoms. The first kappa shape index (κ1) is 23.7. The Morgan fingerprint density at radius 2 is 1.93 bits per heavy atom. The van der Waals surface area contributed by atoms with Crippen LogP contribution in [-0.4, -0.2) is 34.5 Å². The molecule has 0 aliphatic heterocycles. The van der Waals surface area contributed by atoms with Gasteiger partial charge in [0.25, 0.3) is 5.91 Å². The van der Waals surface area contributed by atoms with E-state index in [-0.39, 0.29) is 22.8 Å². The van der Waals surface area contributed by atoms with E-state index in [4.69, 9.17) is 11.6 Å². The molecule has 1 amide bonds. The van der Waals surface area contributed by atoms with Gasteiger partial charge in [-0.3, -0.25) is 9.48 Å². The minimum atomic E-state index is -5.69. The number of alkyl halides is 6. The summed E-state index contributed by atoms with van der Waals surface area (Å²) < 4.78 is 96.7. The number of hydrogen-bond acceptors (Lipinski definition) is 4. The Bertz CT molecular complexity index is 934. The number of carbonyl (C=O) groups is 1. The summed E-state index contributed by atoms with van der Waals surface area (Å²) in [5.74, 6) is -3.32. The molecule has 1 unspecified atom stereocenters. The number of amides is 1. The van der Waals surface area contributed by atoms with Crippen LogP contribution in [0.25, 0.3) is 0 Å². The molecular weight excluding hydrogens is 451 g/mol. The summed E-state index contributed by atoms with van der Waals surface area (Å²) in [7, 11) is 1.47. The Morgan fingerprint density at radius 1 is 1.30 bits per heavy atom. The summed E-state index contributed by atoms with van der Waals surface area (Å²) in [6, 6.07) is 2.33. The summed E-state index contributed by atoms with van der Waals surface area (Å²) in [5.41, 5.74) is 0.515. The molecule has 2 aromatic rings. The van der Waals surface area contributed by atoms with Gasteiger partial charge in [-0.15, -0.1) is 13.2 Å². The van der Waals surface area contributed by atoms with E-state index in [2.05, 4.69) is 19.9 Å². The highest BCUT2D eigenvalue weighted by atomic mass is 35.5. The third-order valence-electron chi connectivity index (χ3n) is 3.56. The number of aryl methyl sites for hydroxylation is 2. The van der Waals surface area contributed by atoms with Crippen LogP contribution in [0.3, 0.4) is 0 Å². The molecule has 1 atom stereocenters. The molecule has 2 rings (SSSR count). The Kier molecular flexibility index (Phi) is 6.87. The molecule has 1 heterocycles. The second kappa shape index (κ2) is 8.68. The normalized spacial score (nSPS) is 13.3. The van der Waals surface area contributed by atoms with E-state index in [1.165, 1.54) is 11.7 Å². The van der Waals surface area contributed by atoms with E-state index >= 15 is 0 Å². The summed E-state index contributed by atoms with van der Waals surface area (Å²) >= 11 is 5.96. The standard InChI is InChI=1S/C16H13ClF7N3O3/c1-7-11(17)12(27(2)26-7)13(28)25-6-8-3-4-10(9(18)5-8)29-15(20,21)14(19)30-16(22,23)24/h3-5,14H,6H2,1-2H3,(H,25,28). The molecule has 6 nitrogen and oxygen atoms in total. The molecule has 0 aliphatic rings. The molecule has 166 valence electrons. The number of ether oxygens (including phenoxy) is 2. The van der Waals surface area contributed by atoms with Gasteiger partial charge in [0.15, 0.2) is 11.6 Å². The first-order valence-electron chi connectivity index (χ1n) is 7.92. The molecule has 1 aromatic carbocycles. The molecule has 0 saturated heterocycles. The van der Waals surface area contributed by atoms with Gasteiger partial charge in [-0.05, 0) is 24.6 Å². The van der Waals surface area contributed by atoms with E-state index in [0.29, 0.717) is 17.8 Å². The zero-order valence-corrected chi connectivity index (χ0v) is 15.9. The van der Waals surface area contributed by atoms with Crippen molar-refractivity contribution in [3.05, 3.63) is 46.0 Å². The Hall–Kier alpha value is -2.54. The van der Waals surface area contributed by atoms with Gasteiger partial charge >= 0.3 is 18.8 Å². The minimum Gasteiger partial charge on any atom is -0.425 e. The van der Waals surface area contributed by atoms with Crippen molar-refractivity contribution in [2.45, 2.75) is 32.3 Å². The van der Waals surface area contributed by atoms with Crippen LogP contribution in [0.4, 0.5) is 30.7 Å². The van der Waals surface area contributed by atoms with Gasteiger partial charge in [0.1, 0.15) is 5.69 Å². The first-order valence-corrected chi connectivity index (χ1v) is 8.30. The maximum Gasteiger partial charge on any atom is 0.525 e. The third kappa shape index (κ3) is 5.75. The van der Waals surface area contributed by atoms with Crippen molar-refractivity contribution >= 4 is 17.5 Å². The van der Waals surface area contributed by atoms with Crippen LogP contribution in [0.1, 0.15) is 21.7 Å². The van der Waals surface area contributed by atoms with Crippen LogP contribution in [0.5, 0.6) is 5.75 Å². The molecule has 0 fully saturated rings. The molecule has 0 aliphatic carbocycles. The number of benzene rings is 1. The lowest BCUT2D eigenvalue weighted by molar-refractivity contribution is -0.411. The third-order valence-corrected chi connectivity index (χ3v) is 4.01. The second-order valence-corrected chi connectivity index (χ2v) is 6.24. The van der Waals surface area contributed by atoms with Crippen LogP contribution in [0.2, 0.25) is 5.02 Å². The number of nitrogens with one attached hydrogen (secondary N) is 1. The minimum absolute atomic E-state index is 0.0351. The summed E-state index contributed by atoms with van der Waals surface area (Å²) in [5, 5.41) is 6.46. The van der Waals surface area contributed by atoms with Gasteiger partial charge < -0.3 is 10.1 Å². The van der Waals surface area contributed by atoms with E-state index in [0.717, 1.165) is 6.07 Å². The monoisotopic (exact) mass is 463 g/mol. The molecule has 0 radical (unpaired) electrons. The maximum absolute atomic E-state index is 14.0. The average Bonchev–Trinajstić information content (AvgIpc) is 2.85. The lowest BCUT2D eigenvalue weighted by atomic mass is 10.2. The number of rotatable bonds is 7. The molecule has 0 saturated carbocycles. The highest BCUT2D eigenvalue weighted by molar-refractivity contribution is 6.34. The molecule has 14 heteroatoms. The molecule has 0 spiro atoms. The second-order valence-electron chi connectivity index (χ2n) is 5.86. The van der Waals surface area contributed by atoms with E-state index in [9.17, 15) is 35.5 Å². The van der Waals surface area contributed by atoms with E-state index in [1.54, 1.807) is 6.92 Å². The summed E-state index contributed by atoms with van der Waals surface area (Å²) in [4.78, 5) is 12.2. The SMILES string of the molecule is Cc1nn(C)c(C(=O)NCc2ccc(OC(F)(F)C(F)OC(F)(F)F)c(F)c2)c1Cl. The largest absolute Gasteiger partial charge is 0.525 e. The Morgan fingerprint density at radius 3 is 2.43 bits per heavy atom. The van der Waals surface area contributed by atoms with Crippen LogP contribution < -0.4 is 10.1 Å². The first-order chi connectivity index (χ1) is 13.7. The Balaban J connectivity index is 2.05. The number of hydrogen-bond donors (Lipinski definition) is 1. The quantitative estimate of drug-likeness (QED) is 0.623. The van der Waals surface area contributed by atoms with Gasteiger partial charge in [0.05, 0.1) is 10.7 Å². The predicted octanol–water partition coefficient (Wildman–Crippen LogP) is 4.25. The van der Waals surface area contributed by atoms with Crippen molar-refractivity contribution in [3.63, 3.8) is 0 Å². The summed E-state index contributed by atoms with van der Waals surface area (Å²) in [6.45, 7) is 1.31. The van der Waals surface area contributed by atoms with Crippen molar-refractivity contribution in [1.29, 1.82) is 0 Å². The van der Waals surface area contributed by atoms with Crippen molar-refractivity contribution < 1.29 is 45.0 Å². The maximum atomic E-state index is 14.0. The van der Waals surface area contributed by atoms with Gasteiger partial charge in [-0.25, -0.2) is 13.5 Å². The van der Waals surface area contributed by atoms with Crippen molar-refractivity contribution in [1.82, 2.24) is 15.1 Å². The van der Waals surface area contributed by atoms with Crippen molar-refractivity contribution in [2.24, 2.45) is 7.05 Å². The number of nitrogens with zero attached hydrogens (tertiary/aromatic N) is 2. The van der Waals surface area contributed by atoms with Crippen molar-refractivity contribution in [3.8, 4) is 5.75 Å². The highest BCUT2D eigenvalue weighted by Crippen LogP contribution is 2.33. The fraction of sp³-hybridized carbons (Fsp3) is 0.375.